The maximum atomic E-state index is 14.1. The van der Waals surface area contributed by atoms with Crippen LogP contribution in [-0.4, -0.2) is 54.8 Å². The number of hydrogen-bond acceptors (Lipinski definition) is 5. The van der Waals surface area contributed by atoms with Crippen LogP contribution < -0.4 is 24.0 Å². The van der Waals surface area contributed by atoms with Gasteiger partial charge >= 0.3 is 6.03 Å². The molecule has 41 heavy (non-hydrogen) atoms. The summed E-state index contributed by atoms with van der Waals surface area (Å²) in [6, 6.07) is 15.0. The number of nitrogens with one attached hydrogen (secondary N) is 3. The third kappa shape index (κ3) is 7.78. The molecule has 2 aromatic carbocycles. The standard InChI is InChI=1S/C31H40IN5O4/c1-31(2,3)27(38)20-37-26-17-11-10-16-25(26)36(22-14-8-5-9-15-22)19-24(29(37)40)34-30(41)33-23(28(39)35-32)18-21-12-6-4-7-13-21/h4,6-7,10-13,16-17,22-24H,5,8-9,14-15,18-20H2,1-3H3,(H,35,39)(H2,33,34,41)/t23?,24-/m1/s1. The summed E-state index contributed by atoms with van der Waals surface area (Å²) in [6.45, 7) is 5.70. The van der Waals surface area contributed by atoms with Crippen LogP contribution in [0.15, 0.2) is 54.6 Å². The molecule has 2 atom stereocenters. The molecule has 1 aliphatic carbocycles. The molecule has 2 aliphatic rings. The second-order valence-electron chi connectivity index (χ2n) is 11.9. The van der Waals surface area contributed by atoms with Crippen LogP contribution in [0.25, 0.3) is 0 Å². The van der Waals surface area contributed by atoms with Crippen molar-refractivity contribution in [2.45, 2.75) is 77.4 Å². The summed E-state index contributed by atoms with van der Waals surface area (Å²) in [6.07, 6.45) is 5.69. The van der Waals surface area contributed by atoms with Gasteiger partial charge in [-0.3, -0.25) is 17.9 Å². The van der Waals surface area contributed by atoms with Gasteiger partial charge in [-0.1, -0.05) is 82.5 Å². The minimum Gasteiger partial charge on any atom is -0.364 e. The van der Waals surface area contributed by atoms with E-state index in [4.69, 9.17) is 0 Å². The number of ketones is 1. The Labute approximate surface area is 256 Å². The van der Waals surface area contributed by atoms with Crippen LogP contribution in [0.5, 0.6) is 0 Å². The summed E-state index contributed by atoms with van der Waals surface area (Å²) in [5, 5.41) is 5.65. The van der Waals surface area contributed by atoms with Crippen molar-refractivity contribution in [3.63, 3.8) is 0 Å². The molecule has 10 heteroatoms. The first-order valence-electron chi connectivity index (χ1n) is 14.3. The van der Waals surface area contributed by atoms with Gasteiger partial charge < -0.3 is 20.4 Å². The van der Waals surface area contributed by atoms with E-state index in [9.17, 15) is 19.2 Å². The van der Waals surface area contributed by atoms with Crippen molar-refractivity contribution < 1.29 is 19.2 Å². The molecule has 1 saturated carbocycles. The largest absolute Gasteiger partial charge is 0.364 e. The highest BCUT2D eigenvalue weighted by atomic mass is 127. The second-order valence-corrected chi connectivity index (χ2v) is 12.4. The molecule has 3 N–H and O–H groups in total. The molecule has 1 aliphatic heterocycles. The predicted octanol–water partition coefficient (Wildman–Crippen LogP) is 4.53. The van der Waals surface area contributed by atoms with Gasteiger partial charge in [0, 0.05) is 24.4 Å². The highest BCUT2D eigenvalue weighted by molar-refractivity contribution is 14.1. The molecular formula is C31H40IN5O4. The molecule has 0 spiro atoms. The Morgan fingerprint density at radius 1 is 0.951 bits per heavy atom. The van der Waals surface area contributed by atoms with E-state index in [0.29, 0.717) is 12.1 Å². The molecular weight excluding hydrogens is 633 g/mol. The van der Waals surface area contributed by atoms with Crippen molar-refractivity contribution in [1.82, 2.24) is 14.2 Å². The summed E-state index contributed by atoms with van der Waals surface area (Å²) in [5.74, 6) is -0.761. The topological polar surface area (TPSA) is 111 Å². The van der Waals surface area contributed by atoms with Gasteiger partial charge in [0.15, 0.2) is 5.78 Å². The van der Waals surface area contributed by atoms with Crippen LogP contribution in [0, 0.1) is 5.41 Å². The second kappa shape index (κ2) is 13.7. The lowest BCUT2D eigenvalue weighted by atomic mass is 9.90. The van der Waals surface area contributed by atoms with Gasteiger partial charge in [0.2, 0.25) is 0 Å². The van der Waals surface area contributed by atoms with Gasteiger partial charge in [-0.2, -0.15) is 0 Å². The highest BCUT2D eigenvalue weighted by Crippen LogP contribution is 2.37. The number of rotatable bonds is 8. The van der Waals surface area contributed by atoms with E-state index < -0.39 is 23.5 Å². The molecule has 0 saturated heterocycles. The number of fused-ring (bicyclic) bond motifs is 1. The van der Waals surface area contributed by atoms with Crippen LogP contribution in [0.1, 0.15) is 58.4 Å². The summed E-state index contributed by atoms with van der Waals surface area (Å²) in [7, 11) is 0. The first-order valence-corrected chi connectivity index (χ1v) is 15.4. The SMILES string of the molecule is CC(C)(C)C(=O)CN1C(=O)[C@H](NC(=O)NC(Cc2ccccc2)C(=O)NI)CN(C2CCCCC2)c2ccccc21. The third-order valence-electron chi connectivity index (χ3n) is 7.88. The Kier molecular flexibility index (Phi) is 10.3. The maximum absolute atomic E-state index is 14.1. The number of halogens is 1. The monoisotopic (exact) mass is 673 g/mol. The number of amides is 4. The fourth-order valence-corrected chi connectivity index (χ4v) is 5.86. The average molecular weight is 674 g/mol. The summed E-state index contributed by atoms with van der Waals surface area (Å²) < 4.78 is 2.59. The Morgan fingerprint density at radius 2 is 1.59 bits per heavy atom. The number of nitrogens with zero attached hydrogens (tertiary/aromatic N) is 2. The molecule has 0 aromatic heterocycles. The smallest absolute Gasteiger partial charge is 0.316 e. The Balaban J connectivity index is 1.63. The van der Waals surface area contributed by atoms with E-state index in [-0.39, 0.29) is 36.7 Å². The van der Waals surface area contributed by atoms with Crippen molar-refractivity contribution in [1.29, 1.82) is 0 Å². The summed E-state index contributed by atoms with van der Waals surface area (Å²) in [4.78, 5) is 57.1. The molecule has 4 amide bonds. The van der Waals surface area contributed by atoms with Crippen molar-refractivity contribution in [3.05, 3.63) is 60.2 Å². The normalized spacial score (nSPS) is 18.6. The Morgan fingerprint density at radius 3 is 2.22 bits per heavy atom. The van der Waals surface area contributed by atoms with E-state index in [1.54, 1.807) is 22.9 Å². The van der Waals surface area contributed by atoms with Crippen molar-refractivity contribution in [3.8, 4) is 0 Å². The molecule has 9 nitrogen and oxygen atoms in total. The Bertz CT molecular complexity index is 1240. The number of carbonyl (C=O) groups excluding carboxylic acids is 4. The van der Waals surface area contributed by atoms with E-state index >= 15 is 0 Å². The van der Waals surface area contributed by atoms with E-state index in [0.717, 1.165) is 36.9 Å². The lowest BCUT2D eigenvalue weighted by Crippen LogP contribution is -2.58. The van der Waals surface area contributed by atoms with Gasteiger partial charge in [-0.15, -0.1) is 0 Å². The van der Waals surface area contributed by atoms with E-state index in [1.807, 2.05) is 75.4 Å². The number of para-hydroxylation sites is 2. The van der Waals surface area contributed by atoms with Crippen molar-refractivity contribution >= 4 is 57.9 Å². The molecule has 2 aromatic rings. The molecule has 1 unspecified atom stereocenters. The van der Waals surface area contributed by atoms with E-state index in [1.165, 1.54) is 11.3 Å². The molecule has 4 rings (SSSR count). The van der Waals surface area contributed by atoms with Crippen LogP contribution in [-0.2, 0) is 20.8 Å². The lowest BCUT2D eigenvalue weighted by Gasteiger charge is -2.37. The van der Waals surface area contributed by atoms with Crippen LogP contribution in [0.4, 0.5) is 16.2 Å². The van der Waals surface area contributed by atoms with Crippen LogP contribution in [0.3, 0.4) is 0 Å². The molecule has 1 heterocycles. The predicted molar refractivity (Wildman–Crippen MR) is 169 cm³/mol. The van der Waals surface area contributed by atoms with Gasteiger partial charge in [-0.25, -0.2) is 4.79 Å². The van der Waals surface area contributed by atoms with Crippen LogP contribution in [0.2, 0.25) is 0 Å². The molecule has 0 radical (unpaired) electrons. The number of hydrogen-bond donors (Lipinski definition) is 3. The molecule has 0 bridgehead atoms. The number of carbonyl (C=O) groups is 4. The minimum atomic E-state index is -0.919. The number of urea groups is 1. The number of anilines is 2. The van der Waals surface area contributed by atoms with Crippen molar-refractivity contribution in [2.75, 3.05) is 22.9 Å². The molecule has 220 valence electrons. The average Bonchev–Trinajstić information content (AvgIpc) is 3.07. The van der Waals surface area contributed by atoms with Crippen LogP contribution >= 0.6 is 22.9 Å². The quantitative estimate of drug-likeness (QED) is 0.282. The highest BCUT2D eigenvalue weighted by Gasteiger charge is 2.39. The zero-order chi connectivity index (χ0) is 29.6. The number of benzene rings is 2. The summed E-state index contributed by atoms with van der Waals surface area (Å²) in [5.41, 5.74) is 1.83. The first kappa shape index (κ1) is 30.8. The maximum Gasteiger partial charge on any atom is 0.316 e. The van der Waals surface area contributed by atoms with Gasteiger partial charge in [0.1, 0.15) is 12.1 Å². The fourth-order valence-electron chi connectivity index (χ4n) is 5.49. The van der Waals surface area contributed by atoms with Gasteiger partial charge in [0.05, 0.1) is 40.8 Å². The summed E-state index contributed by atoms with van der Waals surface area (Å²) >= 11 is 1.76. The Hall–Kier alpha value is -3.15. The van der Waals surface area contributed by atoms with Crippen molar-refractivity contribution in [2.24, 2.45) is 5.41 Å². The molecule has 1 fully saturated rings. The van der Waals surface area contributed by atoms with Gasteiger partial charge in [-0.05, 0) is 30.5 Å². The van der Waals surface area contributed by atoms with E-state index in [2.05, 4.69) is 19.1 Å². The third-order valence-corrected chi connectivity index (χ3v) is 8.41. The number of Topliss-reactive ketones (excluding diaryl/α,β-unsaturated/α-hetero) is 1. The lowest BCUT2D eigenvalue weighted by molar-refractivity contribution is -0.127. The first-order chi connectivity index (χ1) is 19.6. The minimum absolute atomic E-state index is 0.0726. The van der Waals surface area contributed by atoms with Gasteiger partial charge in [0.25, 0.3) is 11.8 Å². The zero-order valence-electron chi connectivity index (χ0n) is 24.0. The zero-order valence-corrected chi connectivity index (χ0v) is 26.1. The fraction of sp³-hybridized carbons (Fsp3) is 0.484.